The molecule has 2 bridgehead atoms. The minimum Gasteiger partial charge on any atom is -0.383 e. The number of rotatable bonds is 4. The first-order valence-corrected chi connectivity index (χ1v) is 12.2. The van der Waals surface area contributed by atoms with E-state index in [9.17, 15) is 5.11 Å². The maximum absolute atomic E-state index is 13.1. The third-order valence-electron chi connectivity index (χ3n) is 8.70. The fraction of sp³-hybridized carbons (Fsp3) is 0.212. The number of fused-ring (bicyclic) bond motifs is 2. The Kier molecular flexibility index (Phi) is 4.69. The van der Waals surface area contributed by atoms with Crippen molar-refractivity contribution < 1.29 is 5.11 Å². The standard InChI is InChI=1S/C33H30O/c1-31-23-28(24-15-7-3-8-16-24)32(2,33(31,34)27-21-13-6-14-22-27)30(26-19-11-5-12-20-26)29(31)25-17-9-4-10-18-25/h3-22,28,34H,23H2,1-2H3/t28-,31+,32-,33+/m1/s1. The molecule has 4 aromatic rings. The van der Waals surface area contributed by atoms with E-state index in [2.05, 4.69) is 129 Å². The Morgan fingerprint density at radius 2 is 1.03 bits per heavy atom. The summed E-state index contributed by atoms with van der Waals surface area (Å²) in [6.07, 6.45) is 0.888. The summed E-state index contributed by atoms with van der Waals surface area (Å²) in [6, 6.07) is 42.6. The first-order chi connectivity index (χ1) is 16.5. The van der Waals surface area contributed by atoms with Gasteiger partial charge in [-0.05, 0) is 45.7 Å². The number of benzene rings is 4. The number of hydrogen-bond acceptors (Lipinski definition) is 1. The van der Waals surface area contributed by atoms with Crippen molar-refractivity contribution in [1.82, 2.24) is 0 Å². The van der Waals surface area contributed by atoms with E-state index in [1.165, 1.54) is 27.8 Å². The van der Waals surface area contributed by atoms with E-state index in [-0.39, 0.29) is 5.92 Å². The third-order valence-corrected chi connectivity index (χ3v) is 8.70. The van der Waals surface area contributed by atoms with Gasteiger partial charge in [0.2, 0.25) is 0 Å². The van der Waals surface area contributed by atoms with Crippen LogP contribution in [0.1, 0.15) is 48.4 Å². The van der Waals surface area contributed by atoms with Gasteiger partial charge in [-0.1, -0.05) is 135 Å². The van der Waals surface area contributed by atoms with Crippen LogP contribution in [0.25, 0.3) is 11.1 Å². The van der Waals surface area contributed by atoms with Crippen molar-refractivity contribution >= 4 is 11.1 Å². The molecular formula is C33H30O. The van der Waals surface area contributed by atoms with Gasteiger partial charge >= 0.3 is 0 Å². The molecule has 0 radical (unpaired) electrons. The lowest BCUT2D eigenvalue weighted by atomic mass is 9.62. The summed E-state index contributed by atoms with van der Waals surface area (Å²) < 4.78 is 0. The van der Waals surface area contributed by atoms with Gasteiger partial charge in [0.25, 0.3) is 0 Å². The average molecular weight is 443 g/mol. The molecule has 0 amide bonds. The lowest BCUT2D eigenvalue weighted by Crippen LogP contribution is -2.46. The lowest BCUT2D eigenvalue weighted by molar-refractivity contribution is -0.0774. The van der Waals surface area contributed by atoms with Gasteiger partial charge in [-0.3, -0.25) is 0 Å². The van der Waals surface area contributed by atoms with Gasteiger partial charge in [-0.25, -0.2) is 0 Å². The van der Waals surface area contributed by atoms with E-state index >= 15 is 0 Å². The Balaban J connectivity index is 1.73. The molecule has 1 heteroatoms. The molecule has 34 heavy (non-hydrogen) atoms. The molecule has 168 valence electrons. The molecule has 0 aliphatic heterocycles. The van der Waals surface area contributed by atoms with Crippen LogP contribution in [-0.2, 0) is 5.60 Å². The van der Waals surface area contributed by atoms with Crippen LogP contribution in [0.3, 0.4) is 0 Å². The summed E-state index contributed by atoms with van der Waals surface area (Å²) >= 11 is 0. The van der Waals surface area contributed by atoms with E-state index in [4.69, 9.17) is 0 Å². The lowest BCUT2D eigenvalue weighted by Gasteiger charge is -2.45. The molecule has 1 N–H and O–H groups in total. The summed E-state index contributed by atoms with van der Waals surface area (Å²) in [5, 5.41) is 13.1. The first kappa shape index (κ1) is 21.1. The quantitative estimate of drug-likeness (QED) is 0.343. The third kappa shape index (κ3) is 2.59. The second kappa shape index (κ2) is 7.55. The molecule has 0 unspecified atom stereocenters. The van der Waals surface area contributed by atoms with Crippen LogP contribution in [0.5, 0.6) is 0 Å². The Bertz CT molecular complexity index is 1340. The minimum atomic E-state index is -1.06. The molecular weight excluding hydrogens is 412 g/mol. The van der Waals surface area contributed by atoms with Gasteiger partial charge in [0.15, 0.2) is 0 Å². The van der Waals surface area contributed by atoms with Gasteiger partial charge in [0.1, 0.15) is 5.60 Å². The Labute approximate surface area is 202 Å². The van der Waals surface area contributed by atoms with Gasteiger partial charge in [-0.2, -0.15) is 0 Å². The highest BCUT2D eigenvalue weighted by Gasteiger charge is 2.75. The van der Waals surface area contributed by atoms with Gasteiger partial charge in [0.05, 0.1) is 0 Å². The summed E-state index contributed by atoms with van der Waals surface area (Å²) in [7, 11) is 0. The Hall–Kier alpha value is -3.42. The van der Waals surface area contributed by atoms with Gasteiger partial charge in [0, 0.05) is 10.8 Å². The minimum absolute atomic E-state index is 0.187. The summed E-state index contributed by atoms with van der Waals surface area (Å²) in [5.74, 6) is 0.187. The molecule has 0 spiro atoms. The number of hydrogen-bond donors (Lipinski definition) is 1. The predicted octanol–water partition coefficient (Wildman–Crippen LogP) is 7.70. The van der Waals surface area contributed by atoms with Crippen molar-refractivity contribution in [3.63, 3.8) is 0 Å². The van der Waals surface area contributed by atoms with Crippen molar-refractivity contribution in [2.45, 2.75) is 31.8 Å². The van der Waals surface area contributed by atoms with E-state index in [1.54, 1.807) is 0 Å². The van der Waals surface area contributed by atoms with E-state index in [0.717, 1.165) is 12.0 Å². The van der Waals surface area contributed by atoms with Gasteiger partial charge < -0.3 is 5.11 Å². The van der Waals surface area contributed by atoms with E-state index < -0.39 is 16.4 Å². The maximum Gasteiger partial charge on any atom is 0.109 e. The molecule has 1 fully saturated rings. The molecule has 4 atom stereocenters. The predicted molar refractivity (Wildman–Crippen MR) is 140 cm³/mol. The normalized spacial score (nSPS) is 30.0. The van der Waals surface area contributed by atoms with Crippen molar-refractivity contribution in [1.29, 1.82) is 0 Å². The summed E-state index contributed by atoms with van der Waals surface area (Å²) in [4.78, 5) is 0. The largest absolute Gasteiger partial charge is 0.383 e. The first-order valence-electron chi connectivity index (χ1n) is 12.2. The molecule has 2 aliphatic rings. The van der Waals surface area contributed by atoms with Crippen molar-refractivity contribution in [3.8, 4) is 0 Å². The molecule has 1 nitrogen and oxygen atoms in total. The van der Waals surface area contributed by atoms with Crippen LogP contribution in [0.15, 0.2) is 121 Å². The van der Waals surface area contributed by atoms with Crippen molar-refractivity contribution in [3.05, 3.63) is 144 Å². The van der Waals surface area contributed by atoms with Crippen LogP contribution in [0.2, 0.25) is 0 Å². The second-order valence-corrected chi connectivity index (χ2v) is 10.3. The molecule has 2 aliphatic carbocycles. The average Bonchev–Trinajstić information content (AvgIpc) is 3.18. The van der Waals surface area contributed by atoms with Crippen LogP contribution in [0.4, 0.5) is 0 Å². The molecule has 1 saturated carbocycles. The van der Waals surface area contributed by atoms with Crippen LogP contribution >= 0.6 is 0 Å². The zero-order chi connectivity index (χ0) is 23.4. The Morgan fingerprint density at radius 1 is 0.588 bits per heavy atom. The highest BCUT2D eigenvalue weighted by Crippen LogP contribution is 2.81. The summed E-state index contributed by atoms with van der Waals surface area (Å²) in [6.45, 7) is 4.60. The van der Waals surface area contributed by atoms with E-state index in [0.29, 0.717) is 0 Å². The second-order valence-electron chi connectivity index (χ2n) is 10.3. The van der Waals surface area contributed by atoms with Crippen molar-refractivity contribution in [2.24, 2.45) is 10.8 Å². The molecule has 0 saturated heterocycles. The van der Waals surface area contributed by atoms with Crippen LogP contribution in [0, 0.1) is 10.8 Å². The van der Waals surface area contributed by atoms with Crippen LogP contribution in [-0.4, -0.2) is 5.11 Å². The van der Waals surface area contributed by atoms with Crippen LogP contribution < -0.4 is 0 Å². The summed E-state index contributed by atoms with van der Waals surface area (Å²) in [5.41, 5.74) is 5.21. The smallest absolute Gasteiger partial charge is 0.109 e. The monoisotopic (exact) mass is 442 g/mol. The topological polar surface area (TPSA) is 20.2 Å². The van der Waals surface area contributed by atoms with E-state index in [1.807, 2.05) is 6.07 Å². The molecule has 0 aromatic heterocycles. The SMILES string of the molecule is C[C@]12C[C@H](c3ccccc3)[C@](C)(C(c3ccccc3)=C1c1ccccc1)[C@]2(O)c1ccccc1. The molecule has 0 heterocycles. The highest BCUT2D eigenvalue weighted by atomic mass is 16.3. The maximum atomic E-state index is 13.1. The zero-order valence-corrected chi connectivity index (χ0v) is 19.8. The van der Waals surface area contributed by atoms with Crippen molar-refractivity contribution in [2.75, 3.05) is 0 Å². The van der Waals surface area contributed by atoms with Gasteiger partial charge in [-0.15, -0.1) is 0 Å². The highest BCUT2D eigenvalue weighted by molar-refractivity contribution is 6.02. The Morgan fingerprint density at radius 3 is 1.56 bits per heavy atom. The zero-order valence-electron chi connectivity index (χ0n) is 19.8. The molecule has 6 rings (SSSR count). The molecule has 4 aromatic carbocycles. The number of aliphatic hydroxyl groups is 1. The fourth-order valence-electron chi connectivity index (χ4n) is 7.31. The fourth-order valence-corrected chi connectivity index (χ4v) is 7.31.